The molecule has 0 radical (unpaired) electrons. The minimum Gasteiger partial charge on any atom is -0.508 e. The highest BCUT2D eigenvalue weighted by Crippen LogP contribution is 2.22. The summed E-state index contributed by atoms with van der Waals surface area (Å²) in [7, 11) is 0. The van der Waals surface area contributed by atoms with Crippen LogP contribution in [0.3, 0.4) is 0 Å². The maximum atomic E-state index is 12.3. The van der Waals surface area contributed by atoms with Gasteiger partial charge in [0, 0.05) is 18.0 Å². The SMILES string of the molecule is O=C(Nc1cccc(O)c1)c1ccn(COc2ccc(-c3ccccc3)cc2)n1. The summed E-state index contributed by atoms with van der Waals surface area (Å²) < 4.78 is 7.29. The molecule has 0 aliphatic heterocycles. The number of aromatic hydroxyl groups is 1. The number of nitrogens with one attached hydrogen (secondary N) is 1. The second-order valence-corrected chi connectivity index (χ2v) is 6.41. The molecule has 0 bridgehead atoms. The lowest BCUT2D eigenvalue weighted by Crippen LogP contribution is -2.14. The Morgan fingerprint density at radius 3 is 2.45 bits per heavy atom. The second kappa shape index (κ2) is 8.31. The molecule has 4 rings (SSSR count). The lowest BCUT2D eigenvalue weighted by Gasteiger charge is -2.08. The van der Waals surface area contributed by atoms with E-state index >= 15 is 0 Å². The largest absolute Gasteiger partial charge is 0.508 e. The van der Waals surface area contributed by atoms with Gasteiger partial charge in [0.15, 0.2) is 12.4 Å². The average Bonchev–Trinajstić information content (AvgIpc) is 3.23. The highest BCUT2D eigenvalue weighted by Gasteiger charge is 2.10. The number of aromatic nitrogens is 2. The van der Waals surface area contributed by atoms with E-state index in [0.29, 0.717) is 11.4 Å². The minimum atomic E-state index is -0.360. The number of phenols is 1. The lowest BCUT2D eigenvalue weighted by atomic mass is 10.1. The number of phenolic OH excluding ortho intramolecular Hbond substituents is 1. The Labute approximate surface area is 168 Å². The number of hydrogen-bond acceptors (Lipinski definition) is 4. The van der Waals surface area contributed by atoms with Crippen LogP contribution in [0.5, 0.6) is 11.5 Å². The van der Waals surface area contributed by atoms with Gasteiger partial charge in [-0.15, -0.1) is 0 Å². The molecular weight excluding hydrogens is 366 g/mol. The molecule has 3 aromatic carbocycles. The van der Waals surface area contributed by atoms with E-state index in [2.05, 4.69) is 22.5 Å². The molecule has 0 unspecified atom stereocenters. The molecule has 0 aliphatic rings. The molecule has 0 saturated heterocycles. The summed E-state index contributed by atoms with van der Waals surface area (Å²) in [5.74, 6) is 0.438. The van der Waals surface area contributed by atoms with Crippen LogP contribution in [0.4, 0.5) is 5.69 Å². The fourth-order valence-electron chi connectivity index (χ4n) is 2.85. The van der Waals surface area contributed by atoms with Crippen molar-refractivity contribution < 1.29 is 14.6 Å². The van der Waals surface area contributed by atoms with Crippen LogP contribution in [-0.4, -0.2) is 20.8 Å². The van der Waals surface area contributed by atoms with Gasteiger partial charge in [0.25, 0.3) is 5.91 Å². The van der Waals surface area contributed by atoms with Crippen molar-refractivity contribution >= 4 is 11.6 Å². The normalized spacial score (nSPS) is 10.5. The summed E-state index contributed by atoms with van der Waals surface area (Å²) in [5, 5.41) is 16.4. The zero-order valence-corrected chi connectivity index (χ0v) is 15.5. The molecule has 4 aromatic rings. The van der Waals surface area contributed by atoms with Crippen LogP contribution in [0.15, 0.2) is 91.1 Å². The zero-order chi connectivity index (χ0) is 20.1. The molecule has 1 heterocycles. The number of carbonyl (C=O) groups excluding carboxylic acids is 1. The molecular formula is C23H19N3O3. The maximum Gasteiger partial charge on any atom is 0.276 e. The second-order valence-electron chi connectivity index (χ2n) is 6.41. The Bertz CT molecular complexity index is 1110. The number of hydrogen-bond donors (Lipinski definition) is 2. The molecule has 0 spiro atoms. The van der Waals surface area contributed by atoms with Crippen LogP contribution in [0.2, 0.25) is 0 Å². The van der Waals surface area contributed by atoms with Gasteiger partial charge in [-0.05, 0) is 41.5 Å². The van der Waals surface area contributed by atoms with Crippen molar-refractivity contribution in [2.24, 2.45) is 0 Å². The van der Waals surface area contributed by atoms with E-state index in [1.807, 2.05) is 42.5 Å². The third-order valence-corrected chi connectivity index (χ3v) is 4.30. The highest BCUT2D eigenvalue weighted by molar-refractivity contribution is 6.02. The molecule has 0 aliphatic carbocycles. The molecule has 0 fully saturated rings. The Kier molecular flexibility index (Phi) is 5.25. The van der Waals surface area contributed by atoms with E-state index in [1.165, 1.54) is 12.1 Å². The molecule has 2 N–H and O–H groups in total. The first-order valence-electron chi connectivity index (χ1n) is 9.09. The van der Waals surface area contributed by atoms with Crippen molar-refractivity contribution in [1.29, 1.82) is 0 Å². The van der Waals surface area contributed by atoms with E-state index in [1.54, 1.807) is 29.1 Å². The van der Waals surface area contributed by atoms with Gasteiger partial charge >= 0.3 is 0 Å². The lowest BCUT2D eigenvalue weighted by molar-refractivity contribution is 0.102. The van der Waals surface area contributed by atoms with Crippen LogP contribution in [-0.2, 0) is 6.73 Å². The third-order valence-electron chi connectivity index (χ3n) is 4.30. The van der Waals surface area contributed by atoms with Gasteiger partial charge in [-0.3, -0.25) is 4.79 Å². The topological polar surface area (TPSA) is 76.4 Å². The third kappa shape index (κ3) is 4.62. The Morgan fingerprint density at radius 2 is 1.69 bits per heavy atom. The van der Waals surface area contributed by atoms with Crippen LogP contribution in [0, 0.1) is 0 Å². The van der Waals surface area contributed by atoms with Gasteiger partial charge < -0.3 is 15.2 Å². The number of amides is 1. The fraction of sp³-hybridized carbons (Fsp3) is 0.0435. The van der Waals surface area contributed by atoms with Crippen molar-refractivity contribution in [2.45, 2.75) is 6.73 Å². The Morgan fingerprint density at radius 1 is 0.931 bits per heavy atom. The summed E-state index contributed by atoms with van der Waals surface area (Å²) in [6.07, 6.45) is 1.68. The number of nitrogens with zero attached hydrogens (tertiary/aromatic N) is 2. The quantitative estimate of drug-likeness (QED) is 0.511. The monoisotopic (exact) mass is 385 g/mol. The first-order chi connectivity index (χ1) is 14.2. The highest BCUT2D eigenvalue weighted by atomic mass is 16.5. The first kappa shape index (κ1) is 18.3. The molecule has 1 aromatic heterocycles. The van der Waals surface area contributed by atoms with Crippen molar-refractivity contribution in [2.75, 3.05) is 5.32 Å². The summed E-state index contributed by atoms with van der Waals surface area (Å²) in [5.41, 5.74) is 3.02. The van der Waals surface area contributed by atoms with E-state index in [-0.39, 0.29) is 24.1 Å². The van der Waals surface area contributed by atoms with Gasteiger partial charge in [0.2, 0.25) is 0 Å². The maximum absolute atomic E-state index is 12.3. The number of ether oxygens (including phenoxy) is 1. The fourth-order valence-corrected chi connectivity index (χ4v) is 2.85. The van der Waals surface area contributed by atoms with Crippen LogP contribution < -0.4 is 10.1 Å². The minimum absolute atomic E-state index is 0.0833. The average molecular weight is 385 g/mol. The summed E-state index contributed by atoms with van der Waals surface area (Å²) >= 11 is 0. The predicted molar refractivity (Wildman–Crippen MR) is 111 cm³/mol. The van der Waals surface area contributed by atoms with Gasteiger partial charge in [-0.2, -0.15) is 5.10 Å². The van der Waals surface area contributed by atoms with Gasteiger partial charge in [-0.1, -0.05) is 48.5 Å². The smallest absolute Gasteiger partial charge is 0.276 e. The standard InChI is InChI=1S/C23H19N3O3/c27-20-8-4-7-19(15-20)24-23(28)22-13-14-26(25-22)16-29-21-11-9-18(10-12-21)17-5-2-1-3-6-17/h1-15,27H,16H2,(H,24,28). The van der Waals surface area contributed by atoms with Crippen LogP contribution >= 0.6 is 0 Å². The molecule has 6 heteroatoms. The summed E-state index contributed by atoms with van der Waals surface area (Å²) in [6.45, 7) is 0.185. The Hall–Kier alpha value is -4.06. The molecule has 1 amide bonds. The Balaban J connectivity index is 1.35. The zero-order valence-electron chi connectivity index (χ0n) is 15.5. The van der Waals surface area contributed by atoms with Crippen LogP contribution in [0.1, 0.15) is 10.5 Å². The molecule has 0 saturated carbocycles. The van der Waals surface area contributed by atoms with E-state index in [4.69, 9.17) is 4.74 Å². The summed E-state index contributed by atoms with van der Waals surface area (Å²) in [6, 6.07) is 25.9. The van der Waals surface area contributed by atoms with Gasteiger partial charge in [0.1, 0.15) is 11.5 Å². The molecule has 29 heavy (non-hydrogen) atoms. The number of benzene rings is 3. The molecule has 6 nitrogen and oxygen atoms in total. The van der Waals surface area contributed by atoms with E-state index < -0.39 is 0 Å². The van der Waals surface area contributed by atoms with Gasteiger partial charge in [-0.25, -0.2) is 4.68 Å². The van der Waals surface area contributed by atoms with Crippen LogP contribution in [0.25, 0.3) is 11.1 Å². The molecule has 144 valence electrons. The van der Waals surface area contributed by atoms with E-state index in [0.717, 1.165) is 11.1 Å². The van der Waals surface area contributed by atoms with Gasteiger partial charge in [0.05, 0.1) is 0 Å². The van der Waals surface area contributed by atoms with Crippen molar-refractivity contribution in [3.8, 4) is 22.6 Å². The molecule has 0 atom stereocenters. The predicted octanol–water partition coefficient (Wildman–Crippen LogP) is 4.54. The number of rotatable bonds is 6. The first-order valence-corrected chi connectivity index (χ1v) is 9.09. The summed E-state index contributed by atoms with van der Waals surface area (Å²) in [4.78, 5) is 12.3. The van der Waals surface area contributed by atoms with Crippen molar-refractivity contribution in [3.63, 3.8) is 0 Å². The number of anilines is 1. The van der Waals surface area contributed by atoms with Crippen molar-refractivity contribution in [3.05, 3.63) is 96.8 Å². The number of carbonyl (C=O) groups is 1. The van der Waals surface area contributed by atoms with E-state index in [9.17, 15) is 9.90 Å². The van der Waals surface area contributed by atoms with Crippen molar-refractivity contribution in [1.82, 2.24) is 9.78 Å².